The molecule has 2 heteroatoms. The molecule has 28 heavy (non-hydrogen) atoms. The van der Waals surface area contributed by atoms with Gasteiger partial charge in [0.1, 0.15) is 0 Å². The molecule has 0 amide bonds. The van der Waals surface area contributed by atoms with Crippen molar-refractivity contribution in [2.24, 2.45) is 4.99 Å². The molecule has 0 heterocycles. The number of aliphatic imine (C=N–C) groups is 1. The van der Waals surface area contributed by atoms with Gasteiger partial charge in [-0.1, -0.05) is 68.1 Å². The van der Waals surface area contributed by atoms with Crippen LogP contribution in [-0.2, 0) is 12.8 Å². The van der Waals surface area contributed by atoms with E-state index < -0.39 is 0 Å². The monoisotopic (exact) mass is 372 g/mol. The number of benzene rings is 2. The number of rotatable bonds is 8. The SMILES string of the molecule is C=C(C)/C(=C\N=C(C)Cc1ccc(C)cc1CC)NC(=C)c1ccccc1C. The van der Waals surface area contributed by atoms with Crippen LogP contribution < -0.4 is 5.32 Å². The van der Waals surface area contributed by atoms with Crippen molar-refractivity contribution in [2.75, 3.05) is 0 Å². The Morgan fingerprint density at radius 3 is 2.39 bits per heavy atom. The Morgan fingerprint density at radius 1 is 1.04 bits per heavy atom. The molecule has 0 bridgehead atoms. The number of aryl methyl sites for hydroxylation is 3. The van der Waals surface area contributed by atoms with Gasteiger partial charge in [-0.15, -0.1) is 0 Å². The second-order valence-corrected chi connectivity index (χ2v) is 7.41. The van der Waals surface area contributed by atoms with Crippen LogP contribution in [0.25, 0.3) is 5.70 Å². The van der Waals surface area contributed by atoms with Crippen molar-refractivity contribution >= 4 is 11.4 Å². The van der Waals surface area contributed by atoms with Gasteiger partial charge < -0.3 is 5.32 Å². The lowest BCUT2D eigenvalue weighted by Gasteiger charge is -2.15. The first-order chi connectivity index (χ1) is 13.3. The molecule has 0 aliphatic heterocycles. The van der Waals surface area contributed by atoms with Gasteiger partial charge in [0.15, 0.2) is 0 Å². The molecule has 0 atom stereocenters. The van der Waals surface area contributed by atoms with Gasteiger partial charge in [0, 0.05) is 23.4 Å². The van der Waals surface area contributed by atoms with E-state index >= 15 is 0 Å². The lowest BCUT2D eigenvalue weighted by atomic mass is 9.98. The summed E-state index contributed by atoms with van der Waals surface area (Å²) < 4.78 is 0. The average molecular weight is 373 g/mol. The molecule has 0 spiro atoms. The Balaban J connectivity index is 2.18. The molecule has 2 rings (SSSR count). The van der Waals surface area contributed by atoms with Crippen LogP contribution >= 0.6 is 0 Å². The smallest absolute Gasteiger partial charge is 0.0593 e. The second kappa shape index (κ2) is 9.89. The molecule has 2 aromatic rings. The fourth-order valence-corrected chi connectivity index (χ4v) is 3.14. The Morgan fingerprint density at radius 2 is 1.75 bits per heavy atom. The zero-order valence-corrected chi connectivity index (χ0v) is 17.9. The van der Waals surface area contributed by atoms with Crippen molar-refractivity contribution in [1.82, 2.24) is 5.32 Å². The summed E-state index contributed by atoms with van der Waals surface area (Å²) in [6.07, 6.45) is 3.75. The van der Waals surface area contributed by atoms with Gasteiger partial charge in [-0.25, -0.2) is 0 Å². The fraction of sp³-hybridized carbons (Fsp3) is 0.269. The standard InChI is InChI=1S/C26H32N2/c1-8-23-15-19(4)13-14-24(23)16-21(6)27-17-26(18(2)3)28-22(7)25-12-10-9-11-20(25)5/h9-15,17,28H,2,7-8,16H2,1,3-6H3/b26-17+,27-21?. The van der Waals surface area contributed by atoms with Crippen molar-refractivity contribution in [3.8, 4) is 0 Å². The molecule has 2 aromatic carbocycles. The van der Waals surface area contributed by atoms with Crippen LogP contribution in [0.4, 0.5) is 0 Å². The third-order valence-corrected chi connectivity index (χ3v) is 4.82. The molecule has 0 radical (unpaired) electrons. The molecule has 0 aliphatic rings. The van der Waals surface area contributed by atoms with E-state index in [1.54, 1.807) is 0 Å². The molecule has 0 saturated carbocycles. The molecule has 146 valence electrons. The summed E-state index contributed by atoms with van der Waals surface area (Å²) in [4.78, 5) is 4.70. The van der Waals surface area contributed by atoms with Crippen LogP contribution in [0, 0.1) is 13.8 Å². The first-order valence-corrected chi connectivity index (χ1v) is 9.81. The summed E-state index contributed by atoms with van der Waals surface area (Å²) in [7, 11) is 0. The van der Waals surface area contributed by atoms with Crippen molar-refractivity contribution in [3.05, 3.63) is 101 Å². The van der Waals surface area contributed by atoms with E-state index in [1.165, 1.54) is 22.3 Å². The van der Waals surface area contributed by atoms with E-state index in [1.807, 2.05) is 25.3 Å². The van der Waals surface area contributed by atoms with E-state index in [4.69, 9.17) is 4.99 Å². The van der Waals surface area contributed by atoms with Crippen molar-refractivity contribution < 1.29 is 0 Å². The lowest BCUT2D eigenvalue weighted by molar-refractivity contribution is 1.07. The maximum atomic E-state index is 4.70. The van der Waals surface area contributed by atoms with Gasteiger partial charge in [0.25, 0.3) is 0 Å². The van der Waals surface area contributed by atoms with Gasteiger partial charge in [-0.2, -0.15) is 0 Å². The Bertz CT molecular complexity index is 929. The normalized spacial score (nSPS) is 12.0. The zero-order valence-electron chi connectivity index (χ0n) is 17.9. The van der Waals surface area contributed by atoms with Gasteiger partial charge in [0.2, 0.25) is 0 Å². The van der Waals surface area contributed by atoms with Crippen molar-refractivity contribution in [3.63, 3.8) is 0 Å². The molecule has 0 saturated heterocycles. The largest absolute Gasteiger partial charge is 0.354 e. The minimum atomic E-state index is 0.849. The summed E-state index contributed by atoms with van der Waals surface area (Å²) in [5.74, 6) is 0. The second-order valence-electron chi connectivity index (χ2n) is 7.41. The van der Waals surface area contributed by atoms with E-state index in [0.29, 0.717) is 0 Å². The Hall–Kier alpha value is -2.87. The predicted octanol–water partition coefficient (Wildman–Crippen LogP) is 6.55. The maximum Gasteiger partial charge on any atom is 0.0593 e. The fourth-order valence-electron chi connectivity index (χ4n) is 3.14. The van der Waals surface area contributed by atoms with E-state index in [0.717, 1.165) is 41.1 Å². The summed E-state index contributed by atoms with van der Waals surface area (Å²) in [5.41, 5.74) is 10.1. The van der Waals surface area contributed by atoms with Gasteiger partial charge in [-0.3, -0.25) is 4.99 Å². The van der Waals surface area contributed by atoms with Crippen molar-refractivity contribution in [1.29, 1.82) is 0 Å². The molecule has 0 fully saturated rings. The molecule has 2 nitrogen and oxygen atoms in total. The van der Waals surface area contributed by atoms with Crippen LogP contribution in [0.5, 0.6) is 0 Å². The van der Waals surface area contributed by atoms with Crippen molar-refractivity contribution in [2.45, 2.75) is 47.5 Å². The van der Waals surface area contributed by atoms with Crippen LogP contribution in [0.2, 0.25) is 0 Å². The Labute approximate surface area is 170 Å². The predicted molar refractivity (Wildman–Crippen MR) is 124 cm³/mol. The van der Waals surface area contributed by atoms with Crippen LogP contribution in [0.3, 0.4) is 0 Å². The third-order valence-electron chi connectivity index (χ3n) is 4.82. The molecule has 0 aliphatic carbocycles. The Kier molecular flexibility index (Phi) is 7.57. The van der Waals surface area contributed by atoms with E-state index in [2.05, 4.69) is 76.5 Å². The zero-order chi connectivity index (χ0) is 20.7. The highest BCUT2D eigenvalue weighted by Crippen LogP contribution is 2.18. The summed E-state index contributed by atoms with van der Waals surface area (Å²) >= 11 is 0. The van der Waals surface area contributed by atoms with Gasteiger partial charge in [-0.05, 0) is 56.4 Å². The summed E-state index contributed by atoms with van der Waals surface area (Å²) in [6.45, 7) is 18.7. The minimum Gasteiger partial charge on any atom is -0.354 e. The van der Waals surface area contributed by atoms with Crippen LogP contribution in [0.1, 0.15) is 48.6 Å². The lowest BCUT2D eigenvalue weighted by Crippen LogP contribution is -2.12. The third kappa shape index (κ3) is 5.82. The first-order valence-electron chi connectivity index (χ1n) is 9.81. The number of allylic oxidation sites excluding steroid dienone is 1. The molecule has 0 unspecified atom stereocenters. The van der Waals surface area contributed by atoms with Crippen LogP contribution in [-0.4, -0.2) is 5.71 Å². The number of hydrogen-bond donors (Lipinski definition) is 1. The maximum absolute atomic E-state index is 4.70. The van der Waals surface area contributed by atoms with Gasteiger partial charge >= 0.3 is 0 Å². The average Bonchev–Trinajstić information content (AvgIpc) is 2.66. The van der Waals surface area contributed by atoms with E-state index in [-0.39, 0.29) is 0 Å². The molecule has 1 N–H and O–H groups in total. The molecule has 0 aromatic heterocycles. The molecular weight excluding hydrogens is 340 g/mol. The van der Waals surface area contributed by atoms with E-state index in [9.17, 15) is 0 Å². The number of nitrogens with zero attached hydrogens (tertiary/aromatic N) is 1. The van der Waals surface area contributed by atoms with Crippen LogP contribution in [0.15, 0.2) is 78.1 Å². The topological polar surface area (TPSA) is 24.4 Å². The molecular formula is C26H32N2. The highest BCUT2D eigenvalue weighted by Gasteiger charge is 2.06. The quantitative estimate of drug-likeness (QED) is 0.412. The highest BCUT2D eigenvalue weighted by molar-refractivity contribution is 5.85. The number of nitrogens with one attached hydrogen (secondary N) is 1. The first kappa shape index (κ1) is 21.4. The summed E-state index contributed by atoms with van der Waals surface area (Å²) in [5, 5.41) is 3.38. The highest BCUT2D eigenvalue weighted by atomic mass is 14.9. The number of hydrogen-bond acceptors (Lipinski definition) is 2. The van der Waals surface area contributed by atoms with Gasteiger partial charge in [0.05, 0.1) is 11.9 Å². The summed E-state index contributed by atoms with van der Waals surface area (Å²) in [6, 6.07) is 14.9. The minimum absolute atomic E-state index is 0.849.